The number of likely N-dealkylation sites (N-methyl/N-ethyl adjacent to an activating group) is 1. The molecule has 0 saturated heterocycles. The molecule has 0 aliphatic carbocycles. The quantitative estimate of drug-likeness (QED) is 0.0349. The number of rotatable bonds is 30. The SMILES string of the molecule is CC[C@H](C)[C@H](CC(=O)C(C)(C)N(C)C)C(=O)N(C)[C@H](C[C@@H](OC(C)=O)c1nc(C(=O)N[C@@H](Cc2ccc3c(c2)NC(=O)C(C)NC(=O)C(C(C)C)CC(=O)CCOCCCC(=O)C(NC(=O)CCN2C(=O)C=CC2=O)C(CC(=O)CCN2C(=O)C=CC2=O)C(=O)CCCOCCC(=O)O3)CC(C)C(=O)O)cs1)C(C)C. The van der Waals surface area contributed by atoms with Gasteiger partial charge < -0.3 is 50.2 Å². The number of carbonyl (C=O) groups is 17. The Morgan fingerprint density at radius 1 is 0.773 bits per heavy atom. The van der Waals surface area contributed by atoms with Crippen LogP contribution in [-0.2, 0) is 97.3 Å². The van der Waals surface area contributed by atoms with Gasteiger partial charge in [-0.05, 0) is 96.0 Å². The highest BCUT2D eigenvalue weighted by molar-refractivity contribution is 7.09. The van der Waals surface area contributed by atoms with Gasteiger partial charge in [0.1, 0.15) is 34.1 Å². The van der Waals surface area contributed by atoms with Gasteiger partial charge in [-0.3, -0.25) is 96.2 Å². The Morgan fingerprint density at radius 3 is 1.93 bits per heavy atom. The Balaban J connectivity index is 1.42. The molecule has 5 N–H and O–H groups in total. The molecule has 0 saturated carbocycles. The first-order chi connectivity index (χ1) is 51.7. The predicted molar refractivity (Wildman–Crippen MR) is 401 cm³/mol. The Labute approximate surface area is 645 Å². The number of carbonyl (C=O) groups excluding carboxylic acids is 16. The molecule has 3 aliphatic heterocycles. The first-order valence-corrected chi connectivity index (χ1v) is 38.3. The van der Waals surface area contributed by atoms with Crippen molar-refractivity contribution in [3.63, 3.8) is 0 Å². The monoisotopic (exact) mass is 1560 g/mol. The summed E-state index contributed by atoms with van der Waals surface area (Å²) in [5.74, 6) is -16.3. The van der Waals surface area contributed by atoms with E-state index in [2.05, 4.69) is 26.3 Å². The summed E-state index contributed by atoms with van der Waals surface area (Å²) in [5.41, 5.74) is -0.669. The number of nitrogens with one attached hydrogen (secondary N) is 4. The van der Waals surface area contributed by atoms with E-state index in [-0.39, 0.29) is 155 Å². The highest BCUT2D eigenvalue weighted by Crippen LogP contribution is 2.35. The fraction of sp³-hybridized carbons (Fsp3) is 0.615. The topological polar surface area (TPSA) is 421 Å². The minimum atomic E-state index is -1.65. The van der Waals surface area contributed by atoms with Gasteiger partial charge >= 0.3 is 17.9 Å². The largest absolute Gasteiger partial charge is 0.481 e. The van der Waals surface area contributed by atoms with Crippen molar-refractivity contribution in [3.05, 3.63) is 64.1 Å². The molecule has 32 heteroatoms. The van der Waals surface area contributed by atoms with Crippen LogP contribution >= 0.6 is 11.3 Å². The molecular weight excluding hydrogens is 1450 g/mol. The van der Waals surface area contributed by atoms with Crippen molar-refractivity contribution < 1.29 is 106 Å². The van der Waals surface area contributed by atoms with Gasteiger partial charge in [-0.2, -0.15) is 0 Å². The summed E-state index contributed by atoms with van der Waals surface area (Å²) in [6, 6.07) is -0.129. The number of ether oxygens (including phenoxy) is 4. The minimum Gasteiger partial charge on any atom is -0.481 e. The second-order valence-corrected chi connectivity index (χ2v) is 30.7. The molecule has 1 aromatic heterocycles. The highest BCUT2D eigenvalue weighted by atomic mass is 32.1. The number of ketones is 5. The lowest BCUT2D eigenvalue weighted by Crippen LogP contribution is -2.50. The average Bonchev–Trinajstić information content (AvgIpc) is 1.08. The Kier molecular flexibility index (Phi) is 35.9. The van der Waals surface area contributed by atoms with Crippen molar-refractivity contribution in [3.8, 4) is 5.75 Å². The number of fused-ring (bicyclic) bond motifs is 1. The first kappa shape index (κ1) is 91.2. The Bertz CT molecular complexity index is 3750. The maximum atomic E-state index is 14.6. The van der Waals surface area contributed by atoms with E-state index in [0.717, 1.165) is 45.4 Å². The van der Waals surface area contributed by atoms with Crippen LogP contribution in [0.5, 0.6) is 5.75 Å². The number of amides is 9. The lowest BCUT2D eigenvalue weighted by Gasteiger charge is -2.38. The molecular formula is C78H109N9O22S. The number of imide groups is 2. The maximum Gasteiger partial charge on any atom is 0.313 e. The molecule has 5 unspecified atom stereocenters. The molecule has 0 fully saturated rings. The van der Waals surface area contributed by atoms with Crippen LogP contribution in [0.25, 0.3) is 0 Å². The van der Waals surface area contributed by atoms with Crippen LogP contribution in [-0.4, -0.2) is 220 Å². The van der Waals surface area contributed by atoms with E-state index in [1.807, 2.05) is 46.4 Å². The number of anilines is 1. The van der Waals surface area contributed by atoms with Crippen LogP contribution < -0.4 is 26.0 Å². The zero-order valence-electron chi connectivity index (χ0n) is 65.6. The Hall–Kier alpha value is -9.40. The zero-order valence-corrected chi connectivity index (χ0v) is 66.4. The van der Waals surface area contributed by atoms with Crippen LogP contribution in [0.3, 0.4) is 0 Å². The Morgan fingerprint density at radius 2 is 1.36 bits per heavy atom. The molecule has 1 aromatic carbocycles. The van der Waals surface area contributed by atoms with Gasteiger partial charge in [0.2, 0.25) is 23.6 Å². The summed E-state index contributed by atoms with van der Waals surface area (Å²) >= 11 is 1.03. The van der Waals surface area contributed by atoms with Gasteiger partial charge in [-0.1, -0.05) is 61.0 Å². The molecule has 0 bridgehead atoms. The number of hydrogen-bond donors (Lipinski definition) is 5. The van der Waals surface area contributed by atoms with Crippen LogP contribution in [0, 0.1) is 41.4 Å². The molecule has 4 heterocycles. The fourth-order valence-corrected chi connectivity index (χ4v) is 13.5. The number of benzene rings is 1. The third kappa shape index (κ3) is 27.6. The molecule has 110 heavy (non-hydrogen) atoms. The minimum absolute atomic E-state index is 0.000566. The predicted octanol–water partition coefficient (Wildman–Crippen LogP) is 5.83. The van der Waals surface area contributed by atoms with Crippen molar-refractivity contribution >= 4 is 117 Å². The number of hydrogen-bond acceptors (Lipinski definition) is 24. The summed E-state index contributed by atoms with van der Waals surface area (Å²) < 4.78 is 23.1. The van der Waals surface area contributed by atoms with Crippen LogP contribution in [0.15, 0.2) is 47.9 Å². The molecule has 2 aromatic rings. The van der Waals surface area contributed by atoms with Gasteiger partial charge in [0, 0.05) is 152 Å². The number of esters is 2. The van der Waals surface area contributed by atoms with Crippen molar-refractivity contribution in [1.29, 1.82) is 0 Å². The van der Waals surface area contributed by atoms with Gasteiger partial charge in [0.05, 0.1) is 48.7 Å². The van der Waals surface area contributed by atoms with Crippen molar-refractivity contribution in [1.82, 2.24) is 40.5 Å². The van der Waals surface area contributed by atoms with Crippen LogP contribution in [0.4, 0.5) is 5.69 Å². The zero-order chi connectivity index (χ0) is 82.0. The fourth-order valence-electron chi connectivity index (χ4n) is 12.7. The molecule has 0 spiro atoms. The van der Waals surface area contributed by atoms with Crippen molar-refractivity contribution in [2.24, 2.45) is 41.4 Å². The number of carboxylic acid groups (broad SMARTS) is 1. The summed E-state index contributed by atoms with van der Waals surface area (Å²) in [6.07, 6.45) is 0.445. The standard InChI is InChI=1S/C78H109N9O22S/c1-15-46(6)55(41-64(93)78(10,11)84(12)13)76(103)85(14)59(45(4)5)42-63(108-49(9)88)75-82-58(43-110-75)74(102)80-51(36-47(7)77(104)105)37-50-20-21-62-57(38-50)81-72(100)48(8)79-73(101)54(44(2)3)39-53(90)28-34-106-33-17-19-61(92)71(83-65(94)27-31-87-68(97)24-25-69(87)98)56(60(91)18-16-32-107-35-29-70(99)109-62)40-52(89)26-30-86-66(95)22-23-67(86)96/h20-25,38,43-48,51,54-56,59,63,71H,15-19,26-37,39-42H2,1-14H3,(H,79,101)(H,80,102)(H,81,100)(H,83,94)(H,104,105)/t46-,47?,48?,51+,54?,55-,56?,59+,63+,71?/m0/s1. The van der Waals surface area contributed by atoms with Gasteiger partial charge in [0.15, 0.2) is 23.4 Å². The lowest BCUT2D eigenvalue weighted by molar-refractivity contribution is -0.150. The summed E-state index contributed by atoms with van der Waals surface area (Å²) in [5, 5.41) is 22.7. The molecule has 3 aliphatic rings. The second kappa shape index (κ2) is 43.3. The second-order valence-electron chi connectivity index (χ2n) is 29.8. The summed E-state index contributed by atoms with van der Waals surface area (Å²) in [6.45, 7) is 17.4. The number of Topliss-reactive ketones (excluding diaryl/α,β-unsaturated/α-hetero) is 5. The summed E-state index contributed by atoms with van der Waals surface area (Å²) in [7, 11) is 5.26. The van der Waals surface area contributed by atoms with E-state index in [1.54, 1.807) is 39.9 Å². The lowest BCUT2D eigenvalue weighted by atomic mass is 9.81. The normalized spacial score (nSPS) is 20.4. The van der Waals surface area contributed by atoms with Crippen molar-refractivity contribution in [2.45, 2.75) is 208 Å². The van der Waals surface area contributed by atoms with E-state index in [0.29, 0.717) is 12.0 Å². The highest BCUT2D eigenvalue weighted by Gasteiger charge is 2.41. The molecule has 10 atom stereocenters. The van der Waals surface area contributed by atoms with Crippen molar-refractivity contribution in [2.75, 3.05) is 66.0 Å². The van der Waals surface area contributed by atoms with Gasteiger partial charge in [-0.15, -0.1) is 11.3 Å². The number of aliphatic carboxylic acids is 1. The molecule has 9 amide bonds. The number of thiazole rings is 1. The van der Waals surface area contributed by atoms with E-state index in [1.165, 1.54) is 44.4 Å². The molecule has 0 radical (unpaired) electrons. The van der Waals surface area contributed by atoms with E-state index < -0.39 is 174 Å². The van der Waals surface area contributed by atoms with Crippen LogP contribution in [0.1, 0.15) is 193 Å². The summed E-state index contributed by atoms with van der Waals surface area (Å²) in [4.78, 5) is 238. The smallest absolute Gasteiger partial charge is 0.313 e. The molecule has 31 nitrogen and oxygen atoms in total. The van der Waals surface area contributed by atoms with Gasteiger partial charge in [-0.25, -0.2) is 4.98 Å². The number of carboxylic acids is 1. The van der Waals surface area contributed by atoms with E-state index >= 15 is 0 Å². The molecule has 5 rings (SSSR count). The average molecular weight is 1560 g/mol. The van der Waals surface area contributed by atoms with Crippen LogP contribution in [0.2, 0.25) is 0 Å². The molecule has 604 valence electrons. The van der Waals surface area contributed by atoms with Gasteiger partial charge in [0.25, 0.3) is 29.5 Å². The maximum absolute atomic E-state index is 14.6. The third-order valence-corrected chi connectivity index (χ3v) is 21.2. The van der Waals surface area contributed by atoms with E-state index in [9.17, 15) is 86.6 Å². The first-order valence-electron chi connectivity index (χ1n) is 37.4. The number of nitrogens with zero attached hydrogens (tertiary/aromatic N) is 5. The number of aromatic nitrogens is 1. The van der Waals surface area contributed by atoms with E-state index in [4.69, 9.17) is 18.9 Å². The third-order valence-electron chi connectivity index (χ3n) is 20.3.